The van der Waals surface area contributed by atoms with E-state index in [1.54, 1.807) is 6.20 Å². The molecule has 13 heteroatoms. The van der Waals surface area contributed by atoms with E-state index in [2.05, 4.69) is 22.2 Å². The molecule has 3 aromatic rings. The Hall–Kier alpha value is -4.10. The SMILES string of the molecule is C=CC(=O)N[C@H]1COC[C@H]1Nc1ncc2cc(-c3c(F)c(OC)cc(OC)c3F)nc(N3CC4(CCO4)C3)c2n1. The number of hydrogen-bond donors (Lipinski definition) is 2. The number of nitrogens with one attached hydrogen (secondary N) is 2. The fraction of sp³-hybridized carbons (Fsp3) is 0.407. The molecule has 0 unspecified atom stereocenters. The summed E-state index contributed by atoms with van der Waals surface area (Å²) in [5.74, 6) is -1.70. The summed E-state index contributed by atoms with van der Waals surface area (Å²) in [5, 5.41) is 6.59. The van der Waals surface area contributed by atoms with Gasteiger partial charge >= 0.3 is 0 Å². The molecule has 3 fully saturated rings. The quantitative estimate of drug-likeness (QED) is 0.402. The van der Waals surface area contributed by atoms with Crippen molar-refractivity contribution in [1.82, 2.24) is 20.3 Å². The molecule has 5 heterocycles. The number of pyridine rings is 1. The van der Waals surface area contributed by atoms with Crippen molar-refractivity contribution in [2.24, 2.45) is 0 Å². The van der Waals surface area contributed by atoms with E-state index in [9.17, 15) is 4.79 Å². The van der Waals surface area contributed by atoms with Crippen LogP contribution in [0.1, 0.15) is 6.42 Å². The van der Waals surface area contributed by atoms with Crippen molar-refractivity contribution in [3.05, 3.63) is 42.6 Å². The van der Waals surface area contributed by atoms with E-state index in [1.807, 2.05) is 4.90 Å². The van der Waals surface area contributed by atoms with Gasteiger partial charge in [0.05, 0.1) is 70.5 Å². The van der Waals surface area contributed by atoms with E-state index in [4.69, 9.17) is 28.9 Å². The van der Waals surface area contributed by atoms with Crippen LogP contribution in [-0.4, -0.2) is 85.7 Å². The Kier molecular flexibility index (Phi) is 6.62. The number of hydrogen-bond acceptors (Lipinski definition) is 10. The van der Waals surface area contributed by atoms with Gasteiger partial charge in [0.1, 0.15) is 11.1 Å². The number of methoxy groups -OCH3 is 2. The molecule has 40 heavy (non-hydrogen) atoms. The van der Waals surface area contributed by atoms with Gasteiger partial charge in [-0.05, 0) is 12.1 Å². The molecule has 6 rings (SSSR count). The second kappa shape index (κ2) is 10.1. The Morgan fingerprint density at radius 2 is 1.85 bits per heavy atom. The summed E-state index contributed by atoms with van der Waals surface area (Å²) < 4.78 is 52.4. The van der Waals surface area contributed by atoms with Gasteiger partial charge in [-0.25, -0.2) is 23.7 Å². The van der Waals surface area contributed by atoms with E-state index < -0.39 is 11.6 Å². The molecule has 0 bridgehead atoms. The maximum absolute atomic E-state index is 15.4. The smallest absolute Gasteiger partial charge is 0.243 e. The highest BCUT2D eigenvalue weighted by Gasteiger charge is 2.50. The molecule has 2 N–H and O–H groups in total. The minimum atomic E-state index is -0.894. The average Bonchev–Trinajstić information content (AvgIpc) is 3.33. The first-order valence-corrected chi connectivity index (χ1v) is 12.8. The van der Waals surface area contributed by atoms with Gasteiger partial charge in [-0.15, -0.1) is 0 Å². The number of aromatic nitrogens is 3. The third-order valence-electron chi connectivity index (χ3n) is 7.51. The van der Waals surface area contributed by atoms with Gasteiger partial charge in [0.25, 0.3) is 0 Å². The number of rotatable bonds is 8. The minimum Gasteiger partial charge on any atom is -0.494 e. The lowest BCUT2D eigenvalue weighted by Crippen LogP contribution is -2.68. The molecule has 3 saturated heterocycles. The number of anilines is 2. The van der Waals surface area contributed by atoms with Crippen LogP contribution in [0, 0.1) is 11.6 Å². The molecule has 210 valence electrons. The molecule has 2 atom stereocenters. The highest BCUT2D eigenvalue weighted by molar-refractivity contribution is 5.93. The summed E-state index contributed by atoms with van der Waals surface area (Å²) in [4.78, 5) is 27.6. The number of amides is 1. The second-order valence-corrected chi connectivity index (χ2v) is 9.99. The number of ether oxygens (including phenoxy) is 4. The standard InChI is InChI=1S/C27H28F2N6O5/c1-4-20(36)31-16-10-39-11-17(16)33-26-30-9-14-7-15(21-22(28)18(37-2)8-19(38-3)23(21)29)32-25(24(14)34-26)35-12-27(13-35)5-6-40-27/h4,7-9,16-17H,1,5-6,10-13H2,2-3H3,(H,31,36)(H,30,33,34)/t16-,17+/m0/s1. The van der Waals surface area contributed by atoms with Crippen LogP contribution in [0.3, 0.4) is 0 Å². The van der Waals surface area contributed by atoms with Crippen LogP contribution in [-0.2, 0) is 14.3 Å². The lowest BCUT2D eigenvalue weighted by molar-refractivity contribution is -0.161. The molecule has 2 aromatic heterocycles. The third-order valence-corrected chi connectivity index (χ3v) is 7.51. The molecule has 1 spiro atoms. The van der Waals surface area contributed by atoms with Crippen molar-refractivity contribution < 1.29 is 32.5 Å². The van der Waals surface area contributed by atoms with Crippen molar-refractivity contribution in [2.45, 2.75) is 24.1 Å². The van der Waals surface area contributed by atoms with E-state index >= 15 is 8.78 Å². The second-order valence-electron chi connectivity index (χ2n) is 9.99. The Morgan fingerprint density at radius 3 is 2.48 bits per heavy atom. The van der Waals surface area contributed by atoms with Gasteiger partial charge in [-0.1, -0.05) is 6.58 Å². The zero-order valence-electron chi connectivity index (χ0n) is 22.0. The van der Waals surface area contributed by atoms with Crippen LogP contribution in [0.25, 0.3) is 22.2 Å². The molecule has 1 amide bonds. The topological polar surface area (TPSA) is 120 Å². The van der Waals surface area contributed by atoms with E-state index in [-0.39, 0.29) is 46.3 Å². The largest absolute Gasteiger partial charge is 0.494 e. The molecule has 0 aliphatic carbocycles. The van der Waals surface area contributed by atoms with Gasteiger partial charge < -0.3 is 34.5 Å². The lowest BCUT2D eigenvalue weighted by Gasteiger charge is -2.55. The molecule has 3 aliphatic rings. The fourth-order valence-corrected chi connectivity index (χ4v) is 5.24. The van der Waals surface area contributed by atoms with Crippen LogP contribution in [0.2, 0.25) is 0 Å². The van der Waals surface area contributed by atoms with Crippen molar-refractivity contribution in [2.75, 3.05) is 57.3 Å². The van der Waals surface area contributed by atoms with Crippen molar-refractivity contribution in [3.63, 3.8) is 0 Å². The zero-order valence-corrected chi connectivity index (χ0v) is 22.0. The van der Waals surface area contributed by atoms with Crippen LogP contribution in [0.5, 0.6) is 11.5 Å². The number of carbonyl (C=O) groups excluding carboxylic acids is 1. The summed E-state index contributed by atoms with van der Waals surface area (Å²) in [5.41, 5.74) is -0.0610. The van der Waals surface area contributed by atoms with Gasteiger partial charge in [0, 0.05) is 24.1 Å². The van der Waals surface area contributed by atoms with E-state index in [1.165, 1.54) is 26.4 Å². The predicted molar refractivity (Wildman–Crippen MR) is 142 cm³/mol. The van der Waals surface area contributed by atoms with Crippen molar-refractivity contribution in [3.8, 4) is 22.8 Å². The molecule has 3 aliphatic heterocycles. The number of halogens is 2. The molecular weight excluding hydrogens is 526 g/mol. The van der Waals surface area contributed by atoms with Crippen molar-refractivity contribution in [1.29, 1.82) is 0 Å². The molecular formula is C27H28F2N6O5. The molecule has 0 saturated carbocycles. The number of nitrogens with zero attached hydrogens (tertiary/aromatic N) is 4. The Bertz CT molecular complexity index is 1460. The van der Waals surface area contributed by atoms with Crippen LogP contribution >= 0.6 is 0 Å². The maximum Gasteiger partial charge on any atom is 0.243 e. The molecule has 0 radical (unpaired) electrons. The predicted octanol–water partition coefficient (Wildman–Crippen LogP) is 2.45. The van der Waals surface area contributed by atoms with Gasteiger partial charge in [-0.2, -0.15) is 0 Å². The number of benzene rings is 1. The van der Waals surface area contributed by atoms with Gasteiger partial charge in [0.15, 0.2) is 29.0 Å². The van der Waals surface area contributed by atoms with Gasteiger partial charge in [-0.3, -0.25) is 4.79 Å². The van der Waals surface area contributed by atoms with Gasteiger partial charge in [0.2, 0.25) is 11.9 Å². The first-order chi connectivity index (χ1) is 19.3. The highest BCUT2D eigenvalue weighted by Crippen LogP contribution is 2.43. The summed E-state index contributed by atoms with van der Waals surface area (Å²) in [7, 11) is 2.59. The number of fused-ring (bicyclic) bond motifs is 1. The Labute approximate surface area is 228 Å². The van der Waals surface area contributed by atoms with Crippen LogP contribution in [0.4, 0.5) is 20.5 Å². The Balaban J connectivity index is 1.41. The van der Waals surface area contributed by atoms with Crippen LogP contribution in [0.15, 0.2) is 31.0 Å². The Morgan fingerprint density at radius 1 is 1.15 bits per heavy atom. The normalized spacial score (nSPS) is 21.1. The molecule has 1 aromatic carbocycles. The molecule has 11 nitrogen and oxygen atoms in total. The average molecular weight is 555 g/mol. The monoisotopic (exact) mass is 554 g/mol. The summed E-state index contributed by atoms with van der Waals surface area (Å²) in [6.07, 6.45) is 3.69. The van der Waals surface area contributed by atoms with E-state index in [0.717, 1.165) is 12.5 Å². The minimum absolute atomic E-state index is 0.0471. The maximum atomic E-state index is 15.4. The lowest BCUT2D eigenvalue weighted by atomic mass is 9.86. The highest BCUT2D eigenvalue weighted by atomic mass is 19.1. The van der Waals surface area contributed by atoms with E-state index in [0.29, 0.717) is 55.6 Å². The summed E-state index contributed by atoms with van der Waals surface area (Å²) >= 11 is 0. The zero-order chi connectivity index (χ0) is 28.0. The van der Waals surface area contributed by atoms with Crippen molar-refractivity contribution >= 4 is 28.6 Å². The number of carbonyl (C=O) groups is 1. The fourth-order valence-electron chi connectivity index (χ4n) is 5.24. The first kappa shape index (κ1) is 26.1. The summed E-state index contributed by atoms with van der Waals surface area (Å²) in [6, 6.07) is 2.11. The third kappa shape index (κ3) is 4.44. The summed E-state index contributed by atoms with van der Waals surface area (Å²) in [6.45, 7) is 6.01. The van der Waals surface area contributed by atoms with Crippen LogP contribution < -0.4 is 25.0 Å². The first-order valence-electron chi connectivity index (χ1n) is 12.8.